The molecule has 2 aromatic rings. The van der Waals surface area contributed by atoms with Crippen LogP contribution in [-0.2, 0) is 16.8 Å². The van der Waals surface area contributed by atoms with E-state index >= 15 is 0 Å². The Balaban J connectivity index is 1.28. The number of rotatable bonds is 8. The fraction of sp³-hybridized carbons (Fsp3) is 0.458. The summed E-state index contributed by atoms with van der Waals surface area (Å²) in [6, 6.07) is 13.0. The van der Waals surface area contributed by atoms with E-state index in [9.17, 15) is 17.6 Å². The smallest absolute Gasteiger partial charge is 0.304 e. The third kappa shape index (κ3) is 5.05. The molecule has 0 bridgehead atoms. The van der Waals surface area contributed by atoms with Crippen LogP contribution in [-0.4, -0.2) is 55.8 Å². The van der Waals surface area contributed by atoms with Crippen LogP contribution in [0, 0.1) is 5.82 Å². The van der Waals surface area contributed by atoms with Gasteiger partial charge in [0.05, 0.1) is 5.56 Å². The summed E-state index contributed by atoms with van der Waals surface area (Å²) in [5.74, 6) is -1.04. The highest BCUT2D eigenvalue weighted by Gasteiger charge is 2.34. The summed E-state index contributed by atoms with van der Waals surface area (Å²) in [6.45, 7) is 3.23. The lowest BCUT2D eigenvalue weighted by molar-refractivity contribution is 0.0973. The van der Waals surface area contributed by atoms with Gasteiger partial charge in [0.25, 0.3) is 5.91 Å². The Kier molecular flexibility index (Phi) is 6.11. The fourth-order valence-corrected chi connectivity index (χ4v) is 5.60. The molecule has 0 aromatic heterocycles. The molecule has 3 aliphatic rings. The van der Waals surface area contributed by atoms with Gasteiger partial charge < -0.3 is 4.74 Å². The average molecular weight is 474 g/mol. The number of ether oxygens (including phenoxy) is 1. The van der Waals surface area contributed by atoms with E-state index in [0.29, 0.717) is 18.8 Å². The Labute approximate surface area is 193 Å². The predicted octanol–water partition coefficient (Wildman–Crippen LogP) is 3.04. The van der Waals surface area contributed by atoms with Gasteiger partial charge in [0.1, 0.15) is 17.7 Å². The molecule has 0 unspecified atom stereocenters. The number of hydrogen-bond acceptors (Lipinski definition) is 5. The number of amides is 1. The number of benzene rings is 2. The first-order chi connectivity index (χ1) is 15.9. The van der Waals surface area contributed by atoms with E-state index in [1.54, 1.807) is 0 Å². The van der Waals surface area contributed by atoms with Crippen LogP contribution in [0.15, 0.2) is 42.5 Å². The van der Waals surface area contributed by atoms with Gasteiger partial charge in [-0.3, -0.25) is 9.69 Å². The monoisotopic (exact) mass is 473 g/mol. The van der Waals surface area contributed by atoms with E-state index in [4.69, 9.17) is 4.74 Å². The summed E-state index contributed by atoms with van der Waals surface area (Å²) < 4.78 is 48.8. The van der Waals surface area contributed by atoms with Crippen LogP contribution in [0.5, 0.6) is 5.75 Å². The maximum atomic E-state index is 14.9. The Bertz CT molecular complexity index is 1130. The molecule has 5 rings (SSSR count). The number of nitrogens with zero attached hydrogens (tertiary/aromatic N) is 2. The van der Waals surface area contributed by atoms with Crippen molar-refractivity contribution < 1.29 is 22.3 Å². The Hall–Kier alpha value is -2.49. The normalized spacial score (nSPS) is 21.5. The Morgan fingerprint density at radius 1 is 1.09 bits per heavy atom. The predicted molar refractivity (Wildman–Crippen MR) is 122 cm³/mol. The molecular weight excluding hydrogens is 445 g/mol. The number of carbonyl (C=O) groups excluding carboxylic acids is 1. The molecule has 7 nitrogen and oxygen atoms in total. The standard InChI is InChI=1S/C24H28FN3O4S/c25-22-14-23(32-19-9-12-27(16-19)15-17-5-2-1-3-6-17)20(18-7-8-18)13-21(22)24(29)26-33(30,31)28-10-4-11-28/h1-3,5-6,13-14,18-19H,4,7-12,15-16H2,(H,26,29)/t19-/m1/s1. The Morgan fingerprint density at radius 3 is 2.52 bits per heavy atom. The third-order valence-electron chi connectivity index (χ3n) is 6.51. The Morgan fingerprint density at radius 2 is 1.85 bits per heavy atom. The molecule has 1 atom stereocenters. The van der Waals surface area contributed by atoms with Gasteiger partial charge in [0.15, 0.2) is 0 Å². The van der Waals surface area contributed by atoms with Gasteiger partial charge in [-0.05, 0) is 48.8 Å². The van der Waals surface area contributed by atoms with Gasteiger partial charge in [-0.1, -0.05) is 30.3 Å². The molecule has 0 spiro atoms. The highest BCUT2D eigenvalue weighted by molar-refractivity contribution is 7.87. The van der Waals surface area contributed by atoms with Crippen molar-refractivity contribution in [2.45, 2.75) is 44.2 Å². The van der Waals surface area contributed by atoms with Gasteiger partial charge in [-0.2, -0.15) is 12.7 Å². The van der Waals surface area contributed by atoms with Crippen LogP contribution in [0.2, 0.25) is 0 Å². The molecular formula is C24H28FN3O4S. The maximum Gasteiger partial charge on any atom is 0.304 e. The molecule has 2 heterocycles. The van der Waals surface area contributed by atoms with E-state index in [1.165, 1.54) is 22.0 Å². The van der Waals surface area contributed by atoms with Gasteiger partial charge in [0.2, 0.25) is 0 Å². The molecule has 9 heteroatoms. The second-order valence-corrected chi connectivity index (χ2v) is 10.8. The fourth-order valence-electron chi connectivity index (χ4n) is 4.38. The molecule has 33 heavy (non-hydrogen) atoms. The first-order valence-electron chi connectivity index (χ1n) is 11.5. The van der Waals surface area contributed by atoms with Crippen LogP contribution in [0.4, 0.5) is 4.39 Å². The zero-order chi connectivity index (χ0) is 23.0. The summed E-state index contributed by atoms with van der Waals surface area (Å²) in [5.41, 5.74) is 1.77. The van der Waals surface area contributed by atoms with Gasteiger partial charge >= 0.3 is 10.2 Å². The molecule has 2 aliphatic heterocycles. The highest BCUT2D eigenvalue weighted by Crippen LogP contribution is 2.45. The summed E-state index contributed by atoms with van der Waals surface area (Å²) >= 11 is 0. The molecule has 1 amide bonds. The number of nitrogens with one attached hydrogen (secondary N) is 1. The number of hydrogen-bond donors (Lipinski definition) is 1. The van der Waals surface area contributed by atoms with Crippen molar-refractivity contribution >= 4 is 16.1 Å². The summed E-state index contributed by atoms with van der Waals surface area (Å²) in [4.78, 5) is 14.9. The minimum Gasteiger partial charge on any atom is -0.489 e. The van der Waals surface area contributed by atoms with Crippen molar-refractivity contribution in [2.24, 2.45) is 0 Å². The van der Waals surface area contributed by atoms with Gasteiger partial charge in [-0.25, -0.2) is 9.11 Å². The number of carbonyl (C=O) groups is 1. The number of halogens is 1. The quantitative estimate of drug-likeness (QED) is 0.638. The van der Waals surface area contributed by atoms with Crippen molar-refractivity contribution in [1.29, 1.82) is 0 Å². The minimum absolute atomic E-state index is 0.0583. The lowest BCUT2D eigenvalue weighted by Gasteiger charge is -2.29. The van der Waals surface area contributed by atoms with E-state index < -0.39 is 21.9 Å². The molecule has 176 valence electrons. The van der Waals surface area contributed by atoms with Crippen LogP contribution >= 0.6 is 0 Å². The van der Waals surface area contributed by atoms with Crippen molar-refractivity contribution in [2.75, 3.05) is 26.2 Å². The number of likely N-dealkylation sites (tertiary alicyclic amines) is 1. The molecule has 0 radical (unpaired) electrons. The molecule has 1 saturated carbocycles. The SMILES string of the molecule is O=C(NS(=O)(=O)N1CCC1)c1cc(C2CC2)c(O[C@@H]2CCN(Cc3ccccc3)C2)cc1F. The summed E-state index contributed by atoms with van der Waals surface area (Å²) in [6.07, 6.45) is 3.43. The minimum atomic E-state index is -3.94. The second kappa shape index (κ2) is 9.04. The van der Waals surface area contributed by atoms with E-state index in [0.717, 1.165) is 50.9 Å². The maximum absolute atomic E-state index is 14.9. The molecule has 2 saturated heterocycles. The van der Waals surface area contributed by atoms with Crippen LogP contribution in [0.3, 0.4) is 0 Å². The topological polar surface area (TPSA) is 79.0 Å². The second-order valence-electron chi connectivity index (χ2n) is 9.08. The molecule has 1 N–H and O–H groups in total. The van der Waals surface area contributed by atoms with E-state index in [1.807, 2.05) is 22.9 Å². The van der Waals surface area contributed by atoms with Crippen molar-refractivity contribution in [1.82, 2.24) is 13.9 Å². The highest BCUT2D eigenvalue weighted by atomic mass is 32.2. The van der Waals surface area contributed by atoms with Gasteiger partial charge in [0, 0.05) is 38.8 Å². The lowest BCUT2D eigenvalue weighted by atomic mass is 10.0. The lowest BCUT2D eigenvalue weighted by Crippen LogP contribution is -2.49. The largest absolute Gasteiger partial charge is 0.489 e. The molecule has 3 fully saturated rings. The van der Waals surface area contributed by atoms with E-state index in [2.05, 4.69) is 17.0 Å². The first-order valence-corrected chi connectivity index (χ1v) is 12.9. The summed E-state index contributed by atoms with van der Waals surface area (Å²) in [7, 11) is -3.94. The molecule has 1 aliphatic carbocycles. The van der Waals surface area contributed by atoms with Crippen molar-refractivity contribution in [3.63, 3.8) is 0 Å². The average Bonchev–Trinajstić information content (AvgIpc) is 3.47. The molecule has 2 aromatic carbocycles. The first kappa shape index (κ1) is 22.3. The van der Waals surface area contributed by atoms with Crippen molar-refractivity contribution in [3.8, 4) is 5.75 Å². The van der Waals surface area contributed by atoms with Crippen LogP contribution < -0.4 is 9.46 Å². The van der Waals surface area contributed by atoms with Crippen LogP contribution in [0.1, 0.15) is 53.1 Å². The third-order valence-corrected chi connectivity index (χ3v) is 8.00. The summed E-state index contributed by atoms with van der Waals surface area (Å²) in [5, 5.41) is 0. The van der Waals surface area contributed by atoms with Crippen molar-refractivity contribution in [3.05, 3.63) is 65.0 Å². The van der Waals surface area contributed by atoms with Gasteiger partial charge in [-0.15, -0.1) is 0 Å². The zero-order valence-corrected chi connectivity index (χ0v) is 19.2. The van der Waals surface area contributed by atoms with E-state index in [-0.39, 0.29) is 17.6 Å². The zero-order valence-electron chi connectivity index (χ0n) is 18.4. The van der Waals surface area contributed by atoms with Crippen LogP contribution in [0.25, 0.3) is 0 Å².